The first-order valence-corrected chi connectivity index (χ1v) is 49.2. The van der Waals surface area contributed by atoms with Crippen molar-refractivity contribution in [2.45, 2.75) is 57.8 Å². The van der Waals surface area contributed by atoms with Gasteiger partial charge >= 0.3 is 0 Å². The van der Waals surface area contributed by atoms with Gasteiger partial charge in [0.05, 0.1) is 60.9 Å². The van der Waals surface area contributed by atoms with Crippen molar-refractivity contribution in [3.05, 3.63) is 488 Å². The molecule has 28 aromatic rings. The Morgan fingerprint density at radius 2 is 0.429 bits per heavy atom. The highest BCUT2D eigenvalue weighted by atomic mass is 15.0. The molecule has 0 saturated carbocycles. The molecule has 658 valence electrons. The van der Waals surface area contributed by atoms with Crippen LogP contribution >= 0.6 is 0 Å². The highest BCUT2D eigenvalue weighted by Crippen LogP contribution is 2.59. The second-order valence-corrected chi connectivity index (χ2v) is 40.5. The van der Waals surface area contributed by atoms with E-state index in [4.69, 9.17) is 0 Å². The van der Waals surface area contributed by atoms with Gasteiger partial charge in [0, 0.05) is 115 Å². The molecule has 0 unspecified atom stereocenters. The van der Waals surface area contributed by atoms with Gasteiger partial charge in [0.1, 0.15) is 0 Å². The van der Waals surface area contributed by atoms with E-state index in [0.29, 0.717) is 0 Å². The molecule has 5 nitrogen and oxygen atoms in total. The van der Waals surface area contributed by atoms with Crippen LogP contribution in [0.5, 0.6) is 0 Å². The van der Waals surface area contributed by atoms with Gasteiger partial charge in [-0.15, -0.1) is 0 Å². The van der Waals surface area contributed by atoms with Crippen molar-refractivity contribution in [2.24, 2.45) is 0 Å². The first-order valence-electron chi connectivity index (χ1n) is 49.2. The smallest absolute Gasteiger partial charge is 0.0626 e. The van der Waals surface area contributed by atoms with E-state index in [1.54, 1.807) is 0 Å². The maximum atomic E-state index is 2.56. The zero-order chi connectivity index (χ0) is 92.9. The summed E-state index contributed by atoms with van der Waals surface area (Å²) in [6.45, 7) is 14.3. The molecule has 0 bridgehead atoms. The molecule has 5 heterocycles. The normalized spacial score (nSPS) is 13.7. The van der Waals surface area contributed by atoms with Gasteiger partial charge in [0.25, 0.3) is 0 Å². The van der Waals surface area contributed by atoms with Crippen LogP contribution in [0.2, 0.25) is 0 Å². The first kappa shape index (κ1) is 79.9. The molecule has 0 N–H and O–H groups in total. The third kappa shape index (κ3) is 11.4. The Bertz CT molecular complexity index is 10200. The summed E-state index contributed by atoms with van der Waals surface area (Å²) in [5, 5.41) is 28.4. The lowest BCUT2D eigenvalue weighted by Gasteiger charge is -2.35. The van der Waals surface area contributed by atoms with Crippen molar-refractivity contribution in [2.75, 3.05) is 0 Å². The molecule has 0 saturated heterocycles. The Morgan fingerprint density at radius 3 is 0.850 bits per heavy atom. The van der Waals surface area contributed by atoms with Crippen LogP contribution in [0.1, 0.15) is 74.9 Å². The highest BCUT2D eigenvalue weighted by molar-refractivity contribution is 6.29. The van der Waals surface area contributed by atoms with Crippen LogP contribution in [-0.4, -0.2) is 22.8 Å². The molecule has 0 spiro atoms. The van der Waals surface area contributed by atoms with Crippen LogP contribution in [0.25, 0.3) is 247 Å². The Morgan fingerprint density at radius 1 is 0.157 bits per heavy atom. The van der Waals surface area contributed by atoms with Crippen LogP contribution in [0.3, 0.4) is 0 Å². The number of hydrogen-bond acceptors (Lipinski definition) is 0. The Kier molecular flexibility index (Phi) is 17.0. The van der Waals surface area contributed by atoms with Crippen LogP contribution in [0, 0.1) is 0 Å². The minimum atomic E-state index is -0.111. The van der Waals surface area contributed by atoms with E-state index in [0.717, 1.165) is 11.4 Å². The predicted octanol–water partition coefficient (Wildman–Crippen LogP) is 36.1. The van der Waals surface area contributed by atoms with E-state index in [2.05, 4.69) is 519 Å². The van der Waals surface area contributed by atoms with Gasteiger partial charge in [-0.25, -0.2) is 0 Å². The van der Waals surface area contributed by atoms with E-state index < -0.39 is 0 Å². The summed E-state index contributed by atoms with van der Waals surface area (Å²) in [6.07, 6.45) is 0. The van der Waals surface area contributed by atoms with Crippen molar-refractivity contribution in [1.29, 1.82) is 0 Å². The van der Waals surface area contributed by atoms with Crippen molar-refractivity contribution in [1.82, 2.24) is 22.8 Å². The molecular weight excluding hydrogens is 1690 g/mol. The van der Waals surface area contributed by atoms with E-state index >= 15 is 0 Å². The molecular formula is C135H93N5. The van der Waals surface area contributed by atoms with Crippen molar-refractivity contribution >= 4 is 174 Å². The lowest BCUT2D eigenvalue weighted by molar-refractivity contribution is 0.645. The van der Waals surface area contributed by atoms with Gasteiger partial charge in [-0.05, 0) is 254 Å². The van der Waals surface area contributed by atoms with Gasteiger partial charge < -0.3 is 22.8 Å². The monoisotopic (exact) mass is 1780 g/mol. The van der Waals surface area contributed by atoms with Crippen LogP contribution < -0.4 is 0 Å². The fourth-order valence-corrected chi connectivity index (χ4v) is 25.6. The number of aromatic nitrogens is 5. The number of fused-ring (bicyclic) bond motifs is 27. The second-order valence-electron chi connectivity index (χ2n) is 40.5. The molecule has 0 radical (unpaired) electrons. The van der Waals surface area contributed by atoms with E-state index in [1.165, 1.54) is 269 Å². The number of nitrogens with zero attached hydrogens (tertiary/aromatic N) is 5. The zero-order valence-electron chi connectivity index (χ0n) is 78.5. The Labute approximate surface area is 809 Å². The fraction of sp³-hybridized carbons (Fsp3) is 0.0667. The fourth-order valence-electron chi connectivity index (χ4n) is 25.6. The van der Waals surface area contributed by atoms with E-state index in [-0.39, 0.29) is 16.2 Å². The molecule has 0 aliphatic heterocycles. The summed E-state index contributed by atoms with van der Waals surface area (Å²) in [5.74, 6) is 0. The number of hydrogen-bond donors (Lipinski definition) is 0. The largest absolute Gasteiger partial charge is 0.309 e. The molecule has 5 heteroatoms. The summed E-state index contributed by atoms with van der Waals surface area (Å²) in [5.41, 5.74) is 36.8. The van der Waals surface area contributed by atoms with Gasteiger partial charge in [-0.1, -0.05) is 363 Å². The number of para-hydroxylation sites is 5. The van der Waals surface area contributed by atoms with Crippen molar-refractivity contribution < 1.29 is 0 Å². The number of rotatable bonds is 6. The summed E-state index contributed by atoms with van der Waals surface area (Å²) in [6, 6.07) is 169. The molecule has 0 atom stereocenters. The summed E-state index contributed by atoms with van der Waals surface area (Å²) >= 11 is 0. The maximum Gasteiger partial charge on any atom is 0.0626 e. The molecule has 31 rings (SSSR count). The van der Waals surface area contributed by atoms with Crippen LogP contribution in [0.15, 0.2) is 455 Å². The molecule has 3 aliphatic rings. The highest BCUT2D eigenvalue weighted by Gasteiger charge is 2.40. The first-order chi connectivity index (χ1) is 68.8. The van der Waals surface area contributed by atoms with Gasteiger partial charge in [0.2, 0.25) is 0 Å². The van der Waals surface area contributed by atoms with Gasteiger partial charge in [-0.3, -0.25) is 0 Å². The minimum absolute atomic E-state index is 0.0930. The van der Waals surface area contributed by atoms with Crippen molar-refractivity contribution in [3.63, 3.8) is 0 Å². The topological polar surface area (TPSA) is 24.6 Å². The lowest BCUT2D eigenvalue weighted by atomic mass is 9.68. The molecule has 0 fully saturated rings. The van der Waals surface area contributed by atoms with Gasteiger partial charge in [0.15, 0.2) is 0 Å². The standard InChI is InChI=1S/2C47H32N2.C41H29N/c1-47(2)39-18-8-5-17-36(39)45-44-31(14-11-19-40(44)47)27-38-37-26-29-12-3-4-13-30(29)28-43(37)49(46(38)45)33-24-22-32(23-25-33)48-41-20-9-6-15-34(41)35-16-7-10-21-42(35)48;1-47(2)39-20-10-8-19-35(39)45-44-31(15-12-21-40(44)47)26-38-36-25-29-13-6-7-14-30(29)27-43(36)49(46(38)45)33-23-24-42-37(28-33)34-18-9-11-22-41(34)48(42)32-16-4-3-5-17-32;1-41(2)34-20-10-8-19-31(34)39-38-29(17-12-21-35(38)41)24-33-32-23-27-15-6-7-16-28(27)25-37(32)42(40(33)39)36-22-11-9-18-30(36)26-13-4-3-5-14-26/h2*3-28H,1-2H3;3-25H,1-2H3. The minimum Gasteiger partial charge on any atom is -0.309 e. The third-order valence-electron chi connectivity index (χ3n) is 32.0. The van der Waals surface area contributed by atoms with Gasteiger partial charge in [-0.2, -0.15) is 0 Å². The Hall–Kier alpha value is -17.4. The van der Waals surface area contributed by atoms with Crippen molar-refractivity contribution in [3.8, 4) is 72.9 Å². The zero-order valence-corrected chi connectivity index (χ0v) is 78.5. The van der Waals surface area contributed by atoms with Crippen LogP contribution in [0.4, 0.5) is 0 Å². The quantitative estimate of drug-likeness (QED) is 0.159. The molecule has 140 heavy (non-hydrogen) atoms. The summed E-state index contributed by atoms with van der Waals surface area (Å²) in [4.78, 5) is 0. The molecule has 0 amide bonds. The van der Waals surface area contributed by atoms with E-state index in [9.17, 15) is 0 Å². The average Bonchev–Trinajstić information content (AvgIpc) is 1.49. The average molecular weight is 1790 g/mol. The molecule has 5 aromatic heterocycles. The second kappa shape index (κ2) is 29.8. The predicted molar refractivity (Wildman–Crippen MR) is 594 cm³/mol. The maximum absolute atomic E-state index is 2.56. The lowest BCUT2D eigenvalue weighted by Crippen LogP contribution is -2.23. The molecule has 3 aliphatic carbocycles. The van der Waals surface area contributed by atoms with E-state index in [1.807, 2.05) is 0 Å². The summed E-state index contributed by atoms with van der Waals surface area (Å²) < 4.78 is 12.4. The third-order valence-corrected chi connectivity index (χ3v) is 32.0. The van der Waals surface area contributed by atoms with Crippen LogP contribution in [-0.2, 0) is 16.2 Å². The Balaban J connectivity index is 0.000000101. The SMILES string of the molecule is CC1(C)c2ccccc2-c2c3c1cccc3cc1c3cc4ccccc4cc3n(-c3ccc(-n4c5ccccc5c5ccccc54)cc3)c21.CC1(C)c2ccccc2-c2c3c1cccc3cc1c3cc4ccccc4cc3n(-c3ccc4c(c3)c3ccccc3n4-c3ccccc3)c21.CC1(C)c2ccccc2-c2c3c1cccc3cc1c3cc4ccccc4cc3n(-c3ccccc3-c3ccccc3)c21. The summed E-state index contributed by atoms with van der Waals surface area (Å²) in [7, 11) is 0. The molecule has 23 aromatic carbocycles. The number of benzene rings is 23.